The Bertz CT molecular complexity index is 605. The second kappa shape index (κ2) is 7.27. The summed E-state index contributed by atoms with van der Waals surface area (Å²) in [5, 5.41) is 2.89. The molecule has 5 heteroatoms. The molecule has 2 rings (SSSR count). The van der Waals surface area contributed by atoms with Crippen molar-refractivity contribution in [2.24, 2.45) is 5.92 Å². The van der Waals surface area contributed by atoms with Crippen LogP contribution in [-0.2, 0) is 21.1 Å². The van der Waals surface area contributed by atoms with Crippen LogP contribution in [0.25, 0.3) is 0 Å². The maximum atomic E-state index is 11.8. The smallest absolute Gasteiger partial charge is 0.220 e. The van der Waals surface area contributed by atoms with E-state index in [1.807, 2.05) is 0 Å². The molecule has 1 aliphatic heterocycles. The van der Waals surface area contributed by atoms with Crippen LogP contribution in [-0.4, -0.2) is 32.4 Å². The molecule has 1 aromatic carbocycles. The molecule has 1 fully saturated rings. The maximum absolute atomic E-state index is 11.8. The van der Waals surface area contributed by atoms with Crippen LogP contribution in [0.4, 0.5) is 0 Å². The van der Waals surface area contributed by atoms with E-state index in [1.165, 1.54) is 11.1 Å². The Labute approximate surface area is 133 Å². The predicted molar refractivity (Wildman–Crippen MR) is 88.6 cm³/mol. The van der Waals surface area contributed by atoms with Gasteiger partial charge in [0.25, 0.3) is 0 Å². The van der Waals surface area contributed by atoms with E-state index >= 15 is 0 Å². The molecular weight excluding hydrogens is 298 g/mol. The maximum Gasteiger partial charge on any atom is 0.220 e. The van der Waals surface area contributed by atoms with Crippen molar-refractivity contribution < 1.29 is 13.2 Å². The monoisotopic (exact) mass is 323 g/mol. The Morgan fingerprint density at radius 1 is 1.27 bits per heavy atom. The lowest BCUT2D eigenvalue weighted by Crippen LogP contribution is -2.27. The van der Waals surface area contributed by atoms with Gasteiger partial charge in [-0.1, -0.05) is 38.1 Å². The van der Waals surface area contributed by atoms with Crippen LogP contribution in [0.1, 0.15) is 43.7 Å². The molecule has 1 amide bonds. The van der Waals surface area contributed by atoms with Crippen molar-refractivity contribution in [1.82, 2.24) is 5.32 Å². The van der Waals surface area contributed by atoms with Crippen LogP contribution in [0.15, 0.2) is 24.3 Å². The van der Waals surface area contributed by atoms with Crippen molar-refractivity contribution in [3.05, 3.63) is 35.4 Å². The first-order chi connectivity index (χ1) is 10.4. The zero-order chi connectivity index (χ0) is 16.2. The van der Waals surface area contributed by atoms with Gasteiger partial charge in [0.2, 0.25) is 5.91 Å². The minimum atomic E-state index is -2.90. The summed E-state index contributed by atoms with van der Waals surface area (Å²) in [6.45, 7) is 4.93. The first-order valence-electron chi connectivity index (χ1n) is 7.91. The minimum Gasteiger partial charge on any atom is -0.356 e. The highest BCUT2D eigenvalue weighted by Gasteiger charge is 2.29. The lowest BCUT2D eigenvalue weighted by molar-refractivity contribution is -0.121. The van der Waals surface area contributed by atoms with E-state index in [0.717, 1.165) is 6.42 Å². The summed E-state index contributed by atoms with van der Waals surface area (Å²) in [5.41, 5.74) is 2.52. The number of carbonyl (C=O) groups is 1. The quantitative estimate of drug-likeness (QED) is 0.873. The Balaban J connectivity index is 1.71. The second-order valence-electron chi connectivity index (χ2n) is 6.47. The Morgan fingerprint density at radius 3 is 2.50 bits per heavy atom. The van der Waals surface area contributed by atoms with Crippen molar-refractivity contribution in [2.45, 2.75) is 39.0 Å². The zero-order valence-corrected chi connectivity index (χ0v) is 14.2. The van der Waals surface area contributed by atoms with Gasteiger partial charge in [-0.2, -0.15) is 0 Å². The fourth-order valence-corrected chi connectivity index (χ4v) is 4.64. The van der Waals surface area contributed by atoms with Gasteiger partial charge < -0.3 is 5.32 Å². The Hall–Kier alpha value is -1.36. The Morgan fingerprint density at radius 2 is 1.95 bits per heavy atom. The van der Waals surface area contributed by atoms with Gasteiger partial charge in [-0.15, -0.1) is 0 Å². The van der Waals surface area contributed by atoms with Crippen molar-refractivity contribution >= 4 is 15.7 Å². The molecule has 1 aromatic rings. The minimum absolute atomic E-state index is 0.00433. The number of amides is 1. The lowest BCUT2D eigenvalue weighted by Gasteiger charge is -2.10. The van der Waals surface area contributed by atoms with Crippen molar-refractivity contribution in [3.63, 3.8) is 0 Å². The van der Waals surface area contributed by atoms with Crippen LogP contribution in [0.2, 0.25) is 0 Å². The number of rotatable bonds is 6. The SMILES string of the molecule is CC(C)c1ccc(CCNC(=O)CC2CCS(=O)(=O)C2)cc1. The first kappa shape index (κ1) is 17.0. The predicted octanol–water partition coefficient (Wildman–Crippen LogP) is 2.29. The third kappa shape index (κ3) is 5.13. The summed E-state index contributed by atoms with van der Waals surface area (Å²) < 4.78 is 22.7. The van der Waals surface area contributed by atoms with Crippen LogP contribution in [0.3, 0.4) is 0 Å². The average molecular weight is 323 g/mol. The lowest BCUT2D eigenvalue weighted by atomic mass is 10.0. The molecule has 0 spiro atoms. The van der Waals surface area contributed by atoms with Gasteiger partial charge in [0.1, 0.15) is 0 Å². The number of benzene rings is 1. The van der Waals surface area contributed by atoms with E-state index in [9.17, 15) is 13.2 Å². The molecule has 1 heterocycles. The van der Waals surface area contributed by atoms with Gasteiger partial charge in [0.05, 0.1) is 11.5 Å². The second-order valence-corrected chi connectivity index (χ2v) is 8.70. The van der Waals surface area contributed by atoms with E-state index in [2.05, 4.69) is 43.4 Å². The summed E-state index contributed by atoms with van der Waals surface area (Å²) in [7, 11) is -2.90. The highest BCUT2D eigenvalue weighted by Crippen LogP contribution is 2.21. The van der Waals surface area contributed by atoms with Crippen molar-refractivity contribution in [1.29, 1.82) is 0 Å². The summed E-state index contributed by atoms with van der Waals surface area (Å²) in [5.74, 6) is 0.872. The van der Waals surface area contributed by atoms with E-state index in [1.54, 1.807) is 0 Å². The molecule has 0 bridgehead atoms. The molecule has 1 N–H and O–H groups in total. The van der Waals surface area contributed by atoms with Crippen molar-refractivity contribution in [3.8, 4) is 0 Å². The van der Waals surface area contributed by atoms with Gasteiger partial charge in [0, 0.05) is 13.0 Å². The summed E-state index contributed by atoms with van der Waals surface area (Å²) in [6.07, 6.45) is 1.74. The highest BCUT2D eigenvalue weighted by atomic mass is 32.2. The van der Waals surface area contributed by atoms with Gasteiger partial charge >= 0.3 is 0 Å². The van der Waals surface area contributed by atoms with Gasteiger partial charge in [-0.3, -0.25) is 4.79 Å². The Kier molecular flexibility index (Phi) is 5.62. The largest absolute Gasteiger partial charge is 0.356 e. The van der Waals surface area contributed by atoms with Gasteiger partial charge in [-0.25, -0.2) is 8.42 Å². The average Bonchev–Trinajstić information content (AvgIpc) is 2.78. The topological polar surface area (TPSA) is 63.2 Å². The number of nitrogens with one attached hydrogen (secondary N) is 1. The van der Waals surface area contributed by atoms with Crippen LogP contribution < -0.4 is 5.32 Å². The molecule has 0 saturated carbocycles. The molecule has 22 heavy (non-hydrogen) atoms. The number of hydrogen-bond acceptors (Lipinski definition) is 3. The third-order valence-corrected chi connectivity index (χ3v) is 6.02. The molecular formula is C17H25NO3S. The van der Waals surface area contributed by atoms with E-state index < -0.39 is 9.84 Å². The highest BCUT2D eigenvalue weighted by molar-refractivity contribution is 7.91. The van der Waals surface area contributed by atoms with Crippen LogP contribution in [0, 0.1) is 5.92 Å². The summed E-state index contributed by atoms with van der Waals surface area (Å²) in [4.78, 5) is 11.8. The molecule has 0 radical (unpaired) electrons. The van der Waals surface area contributed by atoms with Crippen LogP contribution >= 0.6 is 0 Å². The number of carbonyl (C=O) groups excluding carboxylic acids is 1. The molecule has 0 aliphatic carbocycles. The summed E-state index contributed by atoms with van der Waals surface area (Å²) >= 11 is 0. The number of hydrogen-bond donors (Lipinski definition) is 1. The molecule has 1 aliphatic rings. The van der Waals surface area contributed by atoms with Crippen molar-refractivity contribution in [2.75, 3.05) is 18.1 Å². The molecule has 1 atom stereocenters. The standard InChI is InChI=1S/C17H25NO3S/c1-13(2)16-5-3-14(4-6-16)7-9-18-17(19)11-15-8-10-22(20,21)12-15/h3-6,13,15H,7-12H2,1-2H3,(H,18,19). The molecule has 1 unspecified atom stereocenters. The number of sulfone groups is 1. The van der Waals surface area contributed by atoms with E-state index in [-0.39, 0.29) is 23.3 Å². The van der Waals surface area contributed by atoms with E-state index in [4.69, 9.17) is 0 Å². The third-order valence-electron chi connectivity index (χ3n) is 4.18. The normalized spacial score (nSPS) is 20.2. The zero-order valence-electron chi connectivity index (χ0n) is 13.3. The van der Waals surface area contributed by atoms with Crippen LogP contribution in [0.5, 0.6) is 0 Å². The fraction of sp³-hybridized carbons (Fsp3) is 0.588. The molecule has 0 aromatic heterocycles. The molecule has 122 valence electrons. The van der Waals surface area contributed by atoms with Gasteiger partial charge in [0.15, 0.2) is 9.84 Å². The molecule has 4 nitrogen and oxygen atoms in total. The summed E-state index contributed by atoms with van der Waals surface area (Å²) in [6, 6.07) is 8.46. The van der Waals surface area contributed by atoms with E-state index in [0.29, 0.717) is 25.3 Å². The van der Waals surface area contributed by atoms with Gasteiger partial charge in [-0.05, 0) is 35.8 Å². The molecule has 1 saturated heterocycles. The fourth-order valence-electron chi connectivity index (χ4n) is 2.78. The first-order valence-corrected chi connectivity index (χ1v) is 9.74.